The molecule has 11 heteroatoms. The van der Waals surface area contributed by atoms with Gasteiger partial charge in [-0.05, 0) is 0 Å². The SMILES string of the molecule is COc1cc(OC)c(P(c2c(OC)cc(OC)cc2OC)c2c(OC)cc(OC)cc2OC)c(OC)c1.[CH2]Cl. The van der Waals surface area contributed by atoms with Crippen molar-refractivity contribution in [3.05, 3.63) is 42.8 Å². The number of methoxy groups -OCH3 is 9. The van der Waals surface area contributed by atoms with E-state index in [1.807, 2.05) is 0 Å². The van der Waals surface area contributed by atoms with Gasteiger partial charge in [0, 0.05) is 50.7 Å². The first kappa shape index (κ1) is 31.8. The van der Waals surface area contributed by atoms with Gasteiger partial charge in [0.2, 0.25) is 0 Å². The Balaban J connectivity index is 0.00000260. The Morgan fingerprint density at radius 1 is 0.385 bits per heavy atom. The molecule has 0 amide bonds. The molecule has 3 rings (SSSR count). The zero-order valence-electron chi connectivity index (χ0n) is 23.7. The molecule has 0 spiro atoms. The van der Waals surface area contributed by atoms with E-state index in [-0.39, 0.29) is 0 Å². The van der Waals surface area contributed by atoms with Crippen LogP contribution in [0.4, 0.5) is 0 Å². The second kappa shape index (κ2) is 15.2. The lowest BCUT2D eigenvalue weighted by Gasteiger charge is -2.29. The fourth-order valence-corrected chi connectivity index (χ4v) is 6.89. The Bertz CT molecular complexity index is 1010. The van der Waals surface area contributed by atoms with Crippen LogP contribution in [-0.2, 0) is 0 Å². The van der Waals surface area contributed by atoms with E-state index in [1.165, 1.54) is 0 Å². The largest absolute Gasteiger partial charge is 0.496 e. The van der Waals surface area contributed by atoms with Crippen LogP contribution in [0.3, 0.4) is 0 Å². The molecule has 0 aliphatic heterocycles. The summed E-state index contributed by atoms with van der Waals surface area (Å²) >= 11 is 4.39. The molecule has 3 aromatic rings. The summed E-state index contributed by atoms with van der Waals surface area (Å²) in [6.45, 7) is 0. The predicted molar refractivity (Wildman–Crippen MR) is 155 cm³/mol. The highest BCUT2D eigenvalue weighted by atomic mass is 35.5. The number of hydrogen-bond acceptors (Lipinski definition) is 9. The summed E-state index contributed by atoms with van der Waals surface area (Å²) in [6, 6.07) is 10.8. The van der Waals surface area contributed by atoms with Crippen LogP contribution in [-0.4, -0.2) is 64.0 Å². The minimum absolute atomic E-state index is 0.544. The Hall–Kier alpha value is -3.42. The average molecular weight is 582 g/mol. The molecule has 0 bridgehead atoms. The van der Waals surface area contributed by atoms with Gasteiger partial charge in [-0.3, -0.25) is 0 Å². The van der Waals surface area contributed by atoms with Gasteiger partial charge in [-0.15, -0.1) is 11.6 Å². The van der Waals surface area contributed by atoms with Gasteiger partial charge in [-0.25, -0.2) is 0 Å². The molecule has 0 aliphatic rings. The third-order valence-electron chi connectivity index (χ3n) is 5.74. The minimum atomic E-state index is -1.57. The van der Waals surface area contributed by atoms with E-state index < -0.39 is 7.92 Å². The lowest BCUT2D eigenvalue weighted by Crippen LogP contribution is -2.27. The van der Waals surface area contributed by atoms with Gasteiger partial charge in [-0.1, -0.05) is 0 Å². The summed E-state index contributed by atoms with van der Waals surface area (Å²) in [5.74, 6) is 5.00. The zero-order chi connectivity index (χ0) is 29.1. The summed E-state index contributed by atoms with van der Waals surface area (Å²) in [5, 5.41) is 2.22. The van der Waals surface area contributed by atoms with Gasteiger partial charge in [-0.2, -0.15) is 0 Å². The Labute approximate surface area is 236 Å². The highest BCUT2D eigenvalue weighted by Gasteiger charge is 2.36. The van der Waals surface area contributed by atoms with E-state index in [9.17, 15) is 0 Å². The van der Waals surface area contributed by atoms with Gasteiger partial charge in [0.15, 0.2) is 0 Å². The molecule has 39 heavy (non-hydrogen) atoms. The van der Waals surface area contributed by atoms with Crippen LogP contribution in [0.15, 0.2) is 36.4 Å². The highest BCUT2D eigenvalue weighted by molar-refractivity contribution is 7.81. The second-order valence-corrected chi connectivity index (χ2v) is 9.49. The van der Waals surface area contributed by atoms with Crippen LogP contribution in [0.2, 0.25) is 0 Å². The molecule has 0 heterocycles. The van der Waals surface area contributed by atoms with E-state index in [0.717, 1.165) is 15.9 Å². The Kier molecular flexibility index (Phi) is 12.4. The first-order valence-corrected chi connectivity index (χ1v) is 13.3. The number of benzene rings is 3. The maximum Gasteiger partial charge on any atom is 0.134 e. The van der Waals surface area contributed by atoms with E-state index in [1.54, 1.807) is 100 Å². The molecule has 0 atom stereocenters. The predicted octanol–water partition coefficient (Wildman–Crippen LogP) is 4.54. The van der Waals surface area contributed by atoms with Gasteiger partial charge < -0.3 is 42.6 Å². The number of halogens is 1. The number of ether oxygens (including phenoxy) is 9. The van der Waals surface area contributed by atoms with E-state index >= 15 is 0 Å². The van der Waals surface area contributed by atoms with Crippen LogP contribution < -0.4 is 58.5 Å². The van der Waals surface area contributed by atoms with Crippen molar-refractivity contribution in [1.29, 1.82) is 0 Å². The van der Waals surface area contributed by atoms with Crippen LogP contribution in [0.25, 0.3) is 0 Å². The third kappa shape index (κ3) is 6.60. The van der Waals surface area contributed by atoms with Gasteiger partial charge in [0.25, 0.3) is 0 Å². The van der Waals surface area contributed by atoms with Crippen molar-refractivity contribution >= 4 is 35.4 Å². The normalized spacial score (nSPS) is 10.2. The van der Waals surface area contributed by atoms with Crippen molar-refractivity contribution in [2.75, 3.05) is 64.0 Å². The topological polar surface area (TPSA) is 83.1 Å². The summed E-state index contributed by atoms with van der Waals surface area (Å²) in [7, 11) is 12.7. The third-order valence-corrected chi connectivity index (χ3v) is 8.40. The molecule has 1 radical (unpaired) electrons. The second-order valence-electron chi connectivity index (χ2n) is 7.48. The van der Waals surface area contributed by atoms with Crippen molar-refractivity contribution < 1.29 is 42.6 Å². The molecule has 0 aliphatic carbocycles. The van der Waals surface area contributed by atoms with Crippen molar-refractivity contribution in [3.63, 3.8) is 0 Å². The fourth-order valence-electron chi connectivity index (χ4n) is 3.96. The molecule has 3 aromatic carbocycles. The van der Waals surface area contributed by atoms with Crippen molar-refractivity contribution in [2.45, 2.75) is 0 Å². The summed E-state index contributed by atoms with van der Waals surface area (Å²) in [5.41, 5.74) is 0. The van der Waals surface area contributed by atoms with Crippen molar-refractivity contribution in [2.24, 2.45) is 0 Å². The highest BCUT2D eigenvalue weighted by Crippen LogP contribution is 2.51. The Morgan fingerprint density at radius 3 is 0.692 bits per heavy atom. The molecular weight excluding hydrogens is 547 g/mol. The van der Waals surface area contributed by atoms with Crippen LogP contribution >= 0.6 is 19.5 Å². The first-order valence-electron chi connectivity index (χ1n) is 11.4. The molecular formula is C28H35ClO9P. The summed E-state index contributed by atoms with van der Waals surface area (Å²) in [4.78, 5) is 0. The first-order chi connectivity index (χ1) is 18.9. The molecule has 9 nitrogen and oxygen atoms in total. The monoisotopic (exact) mass is 581 g/mol. The lowest BCUT2D eigenvalue weighted by atomic mass is 10.3. The van der Waals surface area contributed by atoms with Gasteiger partial charge in [0.05, 0.1) is 79.9 Å². The summed E-state index contributed by atoms with van der Waals surface area (Å²) < 4.78 is 51.8. The van der Waals surface area contributed by atoms with E-state index in [0.29, 0.717) is 51.7 Å². The van der Waals surface area contributed by atoms with E-state index in [2.05, 4.69) is 18.0 Å². The van der Waals surface area contributed by atoms with Crippen LogP contribution in [0.5, 0.6) is 51.7 Å². The summed E-state index contributed by atoms with van der Waals surface area (Å²) in [6.07, 6.45) is 2.72. The van der Waals surface area contributed by atoms with Crippen LogP contribution in [0, 0.1) is 6.38 Å². The molecule has 0 aromatic heterocycles. The van der Waals surface area contributed by atoms with Crippen molar-refractivity contribution in [1.82, 2.24) is 0 Å². The van der Waals surface area contributed by atoms with E-state index in [4.69, 9.17) is 42.6 Å². The molecule has 213 valence electrons. The molecule has 0 N–H and O–H groups in total. The lowest BCUT2D eigenvalue weighted by molar-refractivity contribution is 0.378. The quantitative estimate of drug-likeness (QED) is 0.286. The smallest absolute Gasteiger partial charge is 0.134 e. The average Bonchev–Trinajstić information content (AvgIpc) is 3.01. The fraction of sp³-hybridized carbons (Fsp3) is 0.321. The van der Waals surface area contributed by atoms with Gasteiger partial charge >= 0.3 is 0 Å². The van der Waals surface area contributed by atoms with Gasteiger partial charge in [0.1, 0.15) is 51.7 Å². The molecule has 0 fully saturated rings. The number of rotatable bonds is 12. The minimum Gasteiger partial charge on any atom is -0.496 e. The van der Waals surface area contributed by atoms with Crippen molar-refractivity contribution in [3.8, 4) is 51.7 Å². The maximum absolute atomic E-state index is 5.88. The Morgan fingerprint density at radius 2 is 0.564 bits per heavy atom. The van der Waals surface area contributed by atoms with Crippen LogP contribution in [0.1, 0.15) is 0 Å². The molecule has 0 saturated heterocycles. The maximum atomic E-state index is 5.88. The number of hydrogen-bond donors (Lipinski definition) is 0. The zero-order valence-corrected chi connectivity index (χ0v) is 25.3. The molecule has 0 unspecified atom stereocenters. The molecule has 0 saturated carbocycles. The standard InChI is InChI=1S/C27H33O9P.CH2Cl/c1-28-16-10-19(31-4)25(20(11-16)32-5)37(26-21(33-6)12-17(29-2)13-22(26)34-7)27-23(35-8)14-18(30-3)15-24(27)36-9;1-2/h10-15H,1-9H3;1H2.